The molecule has 4 heteroatoms. The highest BCUT2D eigenvalue weighted by Gasteiger charge is 2.12. The molecular formula is C13H15NOS2. The number of hydrogen-bond donors (Lipinski definition) is 1. The Kier molecular flexibility index (Phi) is 4.07. The van der Waals surface area contributed by atoms with Crippen molar-refractivity contribution in [1.29, 1.82) is 0 Å². The lowest BCUT2D eigenvalue weighted by atomic mass is 10.2. The molecule has 0 spiro atoms. The first-order chi connectivity index (χ1) is 8.26. The van der Waals surface area contributed by atoms with E-state index in [-0.39, 0.29) is 0 Å². The van der Waals surface area contributed by atoms with Gasteiger partial charge in [0.25, 0.3) is 0 Å². The molecule has 1 aromatic carbocycles. The topological polar surface area (TPSA) is 22.1 Å². The summed E-state index contributed by atoms with van der Waals surface area (Å²) in [7, 11) is 1.69. The van der Waals surface area contributed by atoms with Gasteiger partial charge >= 0.3 is 0 Å². The minimum Gasteiger partial charge on any atom is -0.496 e. The molecule has 2 nitrogen and oxygen atoms in total. The number of aromatic nitrogens is 1. The molecule has 0 aliphatic carbocycles. The van der Waals surface area contributed by atoms with Crippen molar-refractivity contribution in [3.8, 4) is 16.3 Å². The Hall–Kier alpha value is -1.000. The van der Waals surface area contributed by atoms with E-state index in [0.717, 1.165) is 34.2 Å². The fraction of sp³-hybridized carbons (Fsp3) is 0.308. The van der Waals surface area contributed by atoms with E-state index in [4.69, 9.17) is 4.74 Å². The van der Waals surface area contributed by atoms with Crippen LogP contribution in [0.15, 0.2) is 24.3 Å². The minimum atomic E-state index is 0.856. The van der Waals surface area contributed by atoms with Gasteiger partial charge in [-0.1, -0.05) is 12.1 Å². The quantitative estimate of drug-likeness (QED) is 0.853. The monoisotopic (exact) mass is 265 g/mol. The van der Waals surface area contributed by atoms with Gasteiger partial charge in [0.15, 0.2) is 0 Å². The van der Waals surface area contributed by atoms with Gasteiger partial charge in [-0.25, -0.2) is 4.98 Å². The van der Waals surface area contributed by atoms with Crippen LogP contribution in [0.5, 0.6) is 5.75 Å². The summed E-state index contributed by atoms with van der Waals surface area (Å²) in [6.45, 7) is 2.05. The van der Waals surface area contributed by atoms with Crippen LogP contribution in [0.25, 0.3) is 10.6 Å². The molecule has 0 aliphatic heterocycles. The van der Waals surface area contributed by atoms with Crippen molar-refractivity contribution < 1.29 is 4.74 Å². The Balaban J connectivity index is 2.42. The van der Waals surface area contributed by atoms with Crippen LogP contribution >= 0.6 is 24.0 Å². The van der Waals surface area contributed by atoms with Crippen molar-refractivity contribution in [1.82, 2.24) is 4.98 Å². The summed E-state index contributed by atoms with van der Waals surface area (Å²) in [4.78, 5) is 5.92. The Bertz CT molecular complexity index is 508. The van der Waals surface area contributed by atoms with Crippen molar-refractivity contribution in [2.75, 3.05) is 12.9 Å². The molecule has 0 bridgehead atoms. The fourth-order valence-electron chi connectivity index (χ4n) is 1.70. The Morgan fingerprint density at radius 1 is 1.35 bits per heavy atom. The van der Waals surface area contributed by atoms with Crippen LogP contribution in [0.3, 0.4) is 0 Å². The summed E-state index contributed by atoms with van der Waals surface area (Å²) in [6.07, 6.45) is 0.974. The molecule has 2 aromatic rings. The van der Waals surface area contributed by atoms with E-state index in [2.05, 4.69) is 17.6 Å². The lowest BCUT2D eigenvalue weighted by molar-refractivity contribution is 0.416. The number of aryl methyl sites for hydroxylation is 2. The van der Waals surface area contributed by atoms with Gasteiger partial charge in [-0.2, -0.15) is 12.6 Å². The predicted octanol–water partition coefficient (Wildman–Crippen LogP) is 3.60. The average Bonchev–Trinajstić information content (AvgIpc) is 2.71. The van der Waals surface area contributed by atoms with Crippen molar-refractivity contribution in [3.63, 3.8) is 0 Å². The lowest BCUT2D eigenvalue weighted by Gasteiger charge is -2.04. The molecule has 17 heavy (non-hydrogen) atoms. The van der Waals surface area contributed by atoms with Crippen molar-refractivity contribution >= 4 is 24.0 Å². The van der Waals surface area contributed by atoms with Gasteiger partial charge in [-0.15, -0.1) is 11.3 Å². The second-order valence-corrected chi connectivity index (χ2v) is 5.23. The number of thiol groups is 1. The third-order valence-electron chi connectivity index (χ3n) is 2.57. The van der Waals surface area contributed by atoms with Crippen LogP contribution in [0, 0.1) is 6.92 Å². The zero-order valence-corrected chi connectivity index (χ0v) is 11.6. The summed E-state index contributed by atoms with van der Waals surface area (Å²) >= 11 is 6.00. The molecule has 0 N–H and O–H groups in total. The minimum absolute atomic E-state index is 0.856. The van der Waals surface area contributed by atoms with E-state index < -0.39 is 0 Å². The zero-order valence-electron chi connectivity index (χ0n) is 9.93. The van der Waals surface area contributed by atoms with Crippen LogP contribution < -0.4 is 4.74 Å². The third kappa shape index (κ3) is 2.64. The van der Waals surface area contributed by atoms with Gasteiger partial charge in [-0.05, 0) is 31.2 Å². The molecule has 90 valence electrons. The van der Waals surface area contributed by atoms with Gasteiger partial charge in [0.1, 0.15) is 10.8 Å². The van der Waals surface area contributed by atoms with E-state index in [1.54, 1.807) is 18.4 Å². The molecule has 0 unspecified atom stereocenters. The largest absolute Gasteiger partial charge is 0.496 e. The van der Waals surface area contributed by atoms with Crippen molar-refractivity contribution in [2.24, 2.45) is 0 Å². The number of hydrogen-bond acceptors (Lipinski definition) is 4. The Labute approximate surface area is 111 Å². The smallest absolute Gasteiger partial charge is 0.129 e. The van der Waals surface area contributed by atoms with Crippen LogP contribution in [0.2, 0.25) is 0 Å². The van der Waals surface area contributed by atoms with Crippen LogP contribution in [0.4, 0.5) is 0 Å². The van der Waals surface area contributed by atoms with Crippen molar-refractivity contribution in [2.45, 2.75) is 13.3 Å². The number of benzene rings is 1. The highest BCUT2D eigenvalue weighted by molar-refractivity contribution is 7.80. The molecule has 0 aliphatic rings. The van der Waals surface area contributed by atoms with Crippen LogP contribution in [-0.4, -0.2) is 17.8 Å². The number of methoxy groups -OCH3 is 1. The Morgan fingerprint density at radius 3 is 2.82 bits per heavy atom. The molecule has 0 saturated carbocycles. The van der Waals surface area contributed by atoms with Crippen LogP contribution in [0.1, 0.15) is 10.6 Å². The SMILES string of the molecule is COc1ccccc1-c1nc(C)c(CCS)s1. The number of ether oxygens (including phenoxy) is 1. The predicted molar refractivity (Wildman–Crippen MR) is 76.4 cm³/mol. The molecule has 1 heterocycles. The van der Waals surface area contributed by atoms with E-state index in [0.29, 0.717) is 0 Å². The molecule has 0 radical (unpaired) electrons. The molecule has 0 atom stereocenters. The molecule has 1 aromatic heterocycles. The maximum atomic E-state index is 5.36. The summed E-state index contributed by atoms with van der Waals surface area (Å²) in [5.74, 6) is 1.73. The Morgan fingerprint density at radius 2 is 2.12 bits per heavy atom. The first-order valence-corrected chi connectivity index (χ1v) is 6.91. The second kappa shape index (κ2) is 5.56. The number of thiazole rings is 1. The summed E-state index contributed by atoms with van der Waals surface area (Å²) in [5.41, 5.74) is 2.17. The van der Waals surface area contributed by atoms with Gasteiger partial charge in [0.05, 0.1) is 18.4 Å². The fourth-order valence-corrected chi connectivity index (χ4v) is 3.16. The lowest BCUT2D eigenvalue weighted by Crippen LogP contribution is -1.86. The van der Waals surface area contributed by atoms with E-state index in [1.165, 1.54) is 4.88 Å². The van der Waals surface area contributed by atoms with E-state index in [1.807, 2.05) is 31.2 Å². The number of para-hydroxylation sites is 1. The number of rotatable bonds is 4. The zero-order chi connectivity index (χ0) is 12.3. The van der Waals surface area contributed by atoms with Gasteiger partial charge in [0, 0.05) is 4.88 Å². The third-order valence-corrected chi connectivity index (χ3v) is 4.04. The molecule has 0 saturated heterocycles. The van der Waals surface area contributed by atoms with E-state index >= 15 is 0 Å². The maximum Gasteiger partial charge on any atom is 0.129 e. The first-order valence-electron chi connectivity index (χ1n) is 5.46. The molecule has 0 amide bonds. The maximum absolute atomic E-state index is 5.36. The van der Waals surface area contributed by atoms with Gasteiger partial charge in [-0.3, -0.25) is 0 Å². The van der Waals surface area contributed by atoms with Gasteiger partial charge in [0.2, 0.25) is 0 Å². The van der Waals surface area contributed by atoms with Crippen molar-refractivity contribution in [3.05, 3.63) is 34.8 Å². The number of nitrogens with zero attached hydrogens (tertiary/aromatic N) is 1. The molecule has 0 fully saturated rings. The highest BCUT2D eigenvalue weighted by atomic mass is 32.1. The summed E-state index contributed by atoms with van der Waals surface area (Å²) in [6, 6.07) is 7.98. The highest BCUT2D eigenvalue weighted by Crippen LogP contribution is 2.34. The molecular weight excluding hydrogens is 250 g/mol. The first kappa shape index (κ1) is 12.5. The average molecular weight is 265 g/mol. The second-order valence-electron chi connectivity index (χ2n) is 3.70. The molecule has 2 rings (SSSR count). The standard InChI is InChI=1S/C13H15NOS2/c1-9-12(7-8-16)17-13(14-9)10-5-3-4-6-11(10)15-2/h3-6,16H,7-8H2,1-2H3. The normalized spacial score (nSPS) is 10.5. The van der Waals surface area contributed by atoms with E-state index in [9.17, 15) is 0 Å². The summed E-state index contributed by atoms with van der Waals surface area (Å²) < 4.78 is 5.36. The van der Waals surface area contributed by atoms with Gasteiger partial charge < -0.3 is 4.74 Å². The summed E-state index contributed by atoms with van der Waals surface area (Å²) in [5, 5.41) is 1.02. The van der Waals surface area contributed by atoms with Crippen LogP contribution in [-0.2, 0) is 6.42 Å².